The summed E-state index contributed by atoms with van der Waals surface area (Å²) in [4.78, 5) is 0. The first kappa shape index (κ1) is 12.5. The number of hydrogen-bond donors (Lipinski definition) is 1. The predicted octanol–water partition coefficient (Wildman–Crippen LogP) is 3.55. The van der Waals surface area contributed by atoms with Gasteiger partial charge in [0.15, 0.2) is 5.76 Å². The lowest BCUT2D eigenvalue weighted by molar-refractivity contribution is 0.576. The molecular formula is C16H17N3O. The zero-order valence-corrected chi connectivity index (χ0v) is 11.8. The van der Waals surface area contributed by atoms with E-state index in [0.717, 1.165) is 28.1 Å². The van der Waals surface area contributed by atoms with Crippen molar-refractivity contribution < 1.29 is 4.42 Å². The summed E-state index contributed by atoms with van der Waals surface area (Å²) in [5.74, 6) is 1.41. The molecule has 20 heavy (non-hydrogen) atoms. The molecule has 0 aliphatic carbocycles. The summed E-state index contributed by atoms with van der Waals surface area (Å²) in [5, 5.41) is 4.51. The number of nitrogen functional groups attached to an aromatic ring is 1. The molecule has 3 rings (SSSR count). The minimum Gasteiger partial charge on any atom is -0.462 e. The van der Waals surface area contributed by atoms with Crippen molar-refractivity contribution in [3.05, 3.63) is 47.7 Å². The van der Waals surface area contributed by atoms with Gasteiger partial charge in [0.2, 0.25) is 0 Å². The monoisotopic (exact) mass is 267 g/mol. The minimum atomic E-state index is 0.639. The van der Waals surface area contributed by atoms with E-state index >= 15 is 0 Å². The number of aromatic nitrogens is 2. The molecule has 0 aliphatic heterocycles. The molecule has 0 fully saturated rings. The molecule has 3 aromatic rings. The number of nitrogens with zero attached hydrogens (tertiary/aromatic N) is 2. The number of anilines is 1. The van der Waals surface area contributed by atoms with Crippen LogP contribution in [0.25, 0.3) is 22.6 Å². The number of hydrogen-bond acceptors (Lipinski definition) is 3. The Bertz CT molecular complexity index is 751. The largest absolute Gasteiger partial charge is 0.462 e. The van der Waals surface area contributed by atoms with Crippen LogP contribution in [0.3, 0.4) is 0 Å². The molecule has 0 aliphatic rings. The summed E-state index contributed by atoms with van der Waals surface area (Å²) < 4.78 is 7.26. The van der Waals surface area contributed by atoms with Crippen molar-refractivity contribution in [1.82, 2.24) is 9.78 Å². The number of furan rings is 1. The van der Waals surface area contributed by atoms with Gasteiger partial charge in [-0.3, -0.25) is 4.68 Å². The summed E-state index contributed by atoms with van der Waals surface area (Å²) in [6.45, 7) is 4.07. The summed E-state index contributed by atoms with van der Waals surface area (Å²) >= 11 is 0. The smallest absolute Gasteiger partial charge is 0.157 e. The van der Waals surface area contributed by atoms with Crippen LogP contribution in [0.4, 0.5) is 5.82 Å². The van der Waals surface area contributed by atoms with Gasteiger partial charge in [0, 0.05) is 7.05 Å². The van der Waals surface area contributed by atoms with Crippen LogP contribution in [0, 0.1) is 13.8 Å². The van der Waals surface area contributed by atoms with E-state index in [4.69, 9.17) is 10.2 Å². The molecule has 2 heterocycles. The van der Waals surface area contributed by atoms with E-state index in [9.17, 15) is 0 Å². The van der Waals surface area contributed by atoms with Gasteiger partial charge in [-0.05, 0) is 31.0 Å². The van der Waals surface area contributed by atoms with E-state index in [1.807, 2.05) is 20.0 Å². The number of rotatable bonds is 2. The molecule has 0 radical (unpaired) electrons. The predicted molar refractivity (Wildman–Crippen MR) is 80.2 cm³/mol. The van der Waals surface area contributed by atoms with Crippen molar-refractivity contribution in [2.45, 2.75) is 13.8 Å². The standard InChI is InChI=1S/C16H17N3O/c1-10-4-6-12(7-5-10)13-14(18-19(3)16(13)17)15-11(2)8-9-20-15/h4-9H,17H2,1-3H3. The fourth-order valence-electron chi connectivity index (χ4n) is 2.32. The Hall–Kier alpha value is -2.49. The van der Waals surface area contributed by atoms with Crippen molar-refractivity contribution in [1.29, 1.82) is 0 Å². The van der Waals surface area contributed by atoms with E-state index < -0.39 is 0 Å². The van der Waals surface area contributed by atoms with E-state index in [-0.39, 0.29) is 0 Å². The molecule has 1 aromatic carbocycles. The Morgan fingerprint density at radius 3 is 2.40 bits per heavy atom. The highest BCUT2D eigenvalue weighted by atomic mass is 16.3. The van der Waals surface area contributed by atoms with Gasteiger partial charge in [-0.2, -0.15) is 5.10 Å². The topological polar surface area (TPSA) is 57.0 Å². The fraction of sp³-hybridized carbons (Fsp3) is 0.188. The first-order chi connectivity index (χ1) is 9.58. The van der Waals surface area contributed by atoms with Gasteiger partial charge >= 0.3 is 0 Å². The Kier molecular flexibility index (Phi) is 2.86. The fourth-order valence-corrected chi connectivity index (χ4v) is 2.32. The van der Waals surface area contributed by atoms with Gasteiger partial charge in [-0.25, -0.2) is 0 Å². The molecule has 0 atom stereocenters. The Morgan fingerprint density at radius 1 is 1.10 bits per heavy atom. The van der Waals surface area contributed by atoms with Gasteiger partial charge in [0.05, 0.1) is 11.8 Å². The molecule has 2 N–H and O–H groups in total. The highest BCUT2D eigenvalue weighted by Gasteiger charge is 2.20. The van der Waals surface area contributed by atoms with Crippen LogP contribution in [0.1, 0.15) is 11.1 Å². The van der Waals surface area contributed by atoms with E-state index in [2.05, 4.69) is 36.3 Å². The summed E-state index contributed by atoms with van der Waals surface area (Å²) in [5.41, 5.74) is 11.2. The van der Waals surface area contributed by atoms with Crippen molar-refractivity contribution in [2.24, 2.45) is 7.05 Å². The molecule has 2 aromatic heterocycles. The van der Waals surface area contributed by atoms with Crippen molar-refractivity contribution in [3.63, 3.8) is 0 Å². The maximum absolute atomic E-state index is 6.19. The normalized spacial score (nSPS) is 10.9. The summed E-state index contributed by atoms with van der Waals surface area (Å²) in [7, 11) is 1.84. The minimum absolute atomic E-state index is 0.639. The molecular weight excluding hydrogens is 250 g/mol. The zero-order valence-electron chi connectivity index (χ0n) is 11.8. The SMILES string of the molecule is Cc1ccc(-c2c(-c3occc3C)nn(C)c2N)cc1. The molecule has 0 saturated carbocycles. The molecule has 4 nitrogen and oxygen atoms in total. The van der Waals surface area contributed by atoms with Crippen molar-refractivity contribution >= 4 is 5.82 Å². The Morgan fingerprint density at radius 2 is 1.80 bits per heavy atom. The first-order valence-corrected chi connectivity index (χ1v) is 6.52. The third-order valence-corrected chi connectivity index (χ3v) is 3.51. The number of benzene rings is 1. The van der Waals surface area contributed by atoms with E-state index in [1.165, 1.54) is 5.56 Å². The highest BCUT2D eigenvalue weighted by molar-refractivity contribution is 5.87. The lowest BCUT2D eigenvalue weighted by Crippen LogP contribution is -1.97. The molecule has 0 amide bonds. The Labute approximate surface area is 117 Å². The first-order valence-electron chi connectivity index (χ1n) is 6.52. The molecule has 0 unspecified atom stereocenters. The second-order valence-corrected chi connectivity index (χ2v) is 5.03. The van der Waals surface area contributed by atoms with Gasteiger partial charge in [-0.15, -0.1) is 0 Å². The van der Waals surface area contributed by atoms with Crippen molar-refractivity contribution in [3.8, 4) is 22.6 Å². The number of aryl methyl sites for hydroxylation is 3. The number of nitrogens with two attached hydrogens (primary N) is 1. The second-order valence-electron chi connectivity index (χ2n) is 5.03. The maximum atomic E-state index is 6.19. The van der Waals surface area contributed by atoms with Gasteiger partial charge in [-0.1, -0.05) is 29.8 Å². The van der Waals surface area contributed by atoms with Crippen LogP contribution >= 0.6 is 0 Å². The van der Waals surface area contributed by atoms with Gasteiger partial charge in [0.1, 0.15) is 11.5 Å². The molecule has 102 valence electrons. The van der Waals surface area contributed by atoms with E-state index in [1.54, 1.807) is 10.9 Å². The van der Waals surface area contributed by atoms with Crippen LogP contribution in [0.15, 0.2) is 41.0 Å². The molecule has 0 saturated heterocycles. The quantitative estimate of drug-likeness (QED) is 0.772. The lowest BCUT2D eigenvalue weighted by Gasteiger charge is -2.04. The van der Waals surface area contributed by atoms with Crippen LogP contribution in [0.5, 0.6) is 0 Å². The van der Waals surface area contributed by atoms with E-state index in [0.29, 0.717) is 5.82 Å². The van der Waals surface area contributed by atoms with Gasteiger partial charge in [0.25, 0.3) is 0 Å². The van der Waals surface area contributed by atoms with Crippen LogP contribution in [-0.4, -0.2) is 9.78 Å². The lowest BCUT2D eigenvalue weighted by atomic mass is 10.0. The average molecular weight is 267 g/mol. The van der Waals surface area contributed by atoms with Gasteiger partial charge < -0.3 is 10.2 Å². The van der Waals surface area contributed by atoms with Crippen LogP contribution < -0.4 is 5.73 Å². The molecule has 4 heteroatoms. The average Bonchev–Trinajstić information content (AvgIpc) is 2.96. The maximum Gasteiger partial charge on any atom is 0.157 e. The summed E-state index contributed by atoms with van der Waals surface area (Å²) in [6.07, 6.45) is 1.68. The van der Waals surface area contributed by atoms with Crippen LogP contribution in [0.2, 0.25) is 0 Å². The van der Waals surface area contributed by atoms with Crippen LogP contribution in [-0.2, 0) is 7.05 Å². The third kappa shape index (κ3) is 1.90. The molecule has 0 spiro atoms. The second kappa shape index (κ2) is 4.56. The highest BCUT2D eigenvalue weighted by Crippen LogP contribution is 2.37. The molecule has 0 bridgehead atoms. The zero-order chi connectivity index (χ0) is 14.3. The summed E-state index contributed by atoms with van der Waals surface area (Å²) in [6, 6.07) is 10.2. The van der Waals surface area contributed by atoms with Crippen molar-refractivity contribution in [2.75, 3.05) is 5.73 Å². The third-order valence-electron chi connectivity index (χ3n) is 3.51. The Balaban J connectivity index is 2.25.